The van der Waals surface area contributed by atoms with E-state index < -0.39 is 6.04 Å². The van der Waals surface area contributed by atoms with Gasteiger partial charge in [0.2, 0.25) is 11.8 Å². The number of anilines is 1. The lowest BCUT2D eigenvalue weighted by Gasteiger charge is -2.16. The Bertz CT molecular complexity index is 667. The highest BCUT2D eigenvalue weighted by atomic mass is 16.2. The molecule has 2 amide bonds. The van der Waals surface area contributed by atoms with Crippen LogP contribution in [0, 0.1) is 5.92 Å². The molecule has 1 heterocycles. The Labute approximate surface area is 134 Å². The van der Waals surface area contributed by atoms with Crippen molar-refractivity contribution >= 4 is 17.5 Å². The fraction of sp³-hybridized carbons (Fsp3) is 0.312. The van der Waals surface area contributed by atoms with Crippen LogP contribution in [0.1, 0.15) is 13.8 Å². The Morgan fingerprint density at radius 1 is 1.30 bits per heavy atom. The third-order valence-electron chi connectivity index (χ3n) is 3.40. The second-order valence-corrected chi connectivity index (χ2v) is 5.52. The fourth-order valence-electron chi connectivity index (χ4n) is 1.99. The van der Waals surface area contributed by atoms with E-state index in [9.17, 15) is 9.59 Å². The summed E-state index contributed by atoms with van der Waals surface area (Å²) in [6, 6.07) is 6.72. The van der Waals surface area contributed by atoms with Crippen molar-refractivity contribution in [3.8, 4) is 5.69 Å². The van der Waals surface area contributed by atoms with Gasteiger partial charge in [0.1, 0.15) is 0 Å². The van der Waals surface area contributed by atoms with Crippen molar-refractivity contribution in [3.63, 3.8) is 0 Å². The fourth-order valence-corrected chi connectivity index (χ4v) is 1.99. The number of hydrogen-bond acceptors (Lipinski definition) is 4. The Balaban J connectivity index is 1.98. The number of rotatable bonds is 6. The number of imidazole rings is 1. The highest BCUT2D eigenvalue weighted by Gasteiger charge is 2.17. The summed E-state index contributed by atoms with van der Waals surface area (Å²) in [5, 5.41) is 5.32. The van der Waals surface area contributed by atoms with Gasteiger partial charge in [-0.3, -0.25) is 9.59 Å². The first kappa shape index (κ1) is 16.7. The van der Waals surface area contributed by atoms with Gasteiger partial charge in [-0.05, 0) is 18.1 Å². The number of carbonyl (C=O) groups excluding carboxylic acids is 2. The van der Waals surface area contributed by atoms with E-state index in [1.54, 1.807) is 29.4 Å². The number of aromatic nitrogens is 2. The second-order valence-electron chi connectivity index (χ2n) is 5.52. The third kappa shape index (κ3) is 4.40. The standard InChI is InChI=1S/C16H21N5O2/c1-11(2)15(17)16(23)19-9-14(22)20-12-5-3-4-6-13(12)21-8-7-18-10-21/h3-8,10-11,15H,9,17H2,1-2H3,(H,19,23)(H,20,22)/t15-/m0/s1. The average molecular weight is 315 g/mol. The lowest BCUT2D eigenvalue weighted by Crippen LogP contribution is -2.46. The number of amides is 2. The first-order chi connectivity index (χ1) is 11.0. The van der Waals surface area contributed by atoms with E-state index in [-0.39, 0.29) is 24.3 Å². The summed E-state index contributed by atoms with van der Waals surface area (Å²) in [6.07, 6.45) is 5.09. The van der Waals surface area contributed by atoms with Crippen LogP contribution in [0.5, 0.6) is 0 Å². The van der Waals surface area contributed by atoms with Gasteiger partial charge in [-0.2, -0.15) is 0 Å². The molecule has 0 unspecified atom stereocenters. The Morgan fingerprint density at radius 3 is 2.70 bits per heavy atom. The highest BCUT2D eigenvalue weighted by molar-refractivity contribution is 5.96. The summed E-state index contributed by atoms with van der Waals surface area (Å²) in [5.74, 6) is -0.639. The molecule has 0 saturated carbocycles. The molecule has 23 heavy (non-hydrogen) atoms. The summed E-state index contributed by atoms with van der Waals surface area (Å²) in [7, 11) is 0. The molecular formula is C16H21N5O2. The minimum atomic E-state index is -0.624. The van der Waals surface area contributed by atoms with Crippen LogP contribution in [0.2, 0.25) is 0 Å². The molecule has 1 aromatic heterocycles. The summed E-state index contributed by atoms with van der Waals surface area (Å²) in [4.78, 5) is 27.8. The van der Waals surface area contributed by atoms with Crippen LogP contribution in [0.4, 0.5) is 5.69 Å². The van der Waals surface area contributed by atoms with E-state index in [0.29, 0.717) is 5.69 Å². The number of nitrogens with one attached hydrogen (secondary N) is 2. The normalized spacial score (nSPS) is 12.0. The number of carbonyl (C=O) groups is 2. The average Bonchev–Trinajstić information content (AvgIpc) is 3.06. The minimum absolute atomic E-state index is 0.0139. The van der Waals surface area contributed by atoms with Crippen molar-refractivity contribution in [2.24, 2.45) is 11.7 Å². The van der Waals surface area contributed by atoms with Crippen LogP contribution < -0.4 is 16.4 Å². The molecule has 1 atom stereocenters. The molecule has 0 saturated heterocycles. The van der Waals surface area contributed by atoms with E-state index in [0.717, 1.165) is 5.69 Å². The highest BCUT2D eigenvalue weighted by Crippen LogP contribution is 2.19. The van der Waals surface area contributed by atoms with E-state index in [2.05, 4.69) is 15.6 Å². The summed E-state index contributed by atoms with van der Waals surface area (Å²) < 4.78 is 1.79. The number of benzene rings is 1. The maximum Gasteiger partial charge on any atom is 0.243 e. The zero-order chi connectivity index (χ0) is 16.8. The number of nitrogens with two attached hydrogens (primary N) is 1. The largest absolute Gasteiger partial charge is 0.346 e. The Hall–Kier alpha value is -2.67. The van der Waals surface area contributed by atoms with Crippen molar-refractivity contribution in [2.75, 3.05) is 11.9 Å². The van der Waals surface area contributed by atoms with Gasteiger partial charge in [-0.25, -0.2) is 4.98 Å². The van der Waals surface area contributed by atoms with Crippen LogP contribution in [0.15, 0.2) is 43.0 Å². The molecule has 122 valence electrons. The molecule has 7 heteroatoms. The molecule has 4 N–H and O–H groups in total. The van der Waals surface area contributed by atoms with Crippen LogP contribution in [0.3, 0.4) is 0 Å². The van der Waals surface area contributed by atoms with Gasteiger partial charge in [0.25, 0.3) is 0 Å². The zero-order valence-electron chi connectivity index (χ0n) is 13.2. The van der Waals surface area contributed by atoms with E-state index in [1.807, 2.05) is 32.0 Å². The van der Waals surface area contributed by atoms with E-state index in [1.165, 1.54) is 0 Å². The van der Waals surface area contributed by atoms with Crippen LogP contribution >= 0.6 is 0 Å². The van der Waals surface area contributed by atoms with E-state index >= 15 is 0 Å². The molecular weight excluding hydrogens is 294 g/mol. The quantitative estimate of drug-likeness (QED) is 0.737. The first-order valence-electron chi connectivity index (χ1n) is 7.39. The number of hydrogen-bond donors (Lipinski definition) is 3. The van der Waals surface area contributed by atoms with Gasteiger partial charge in [0.05, 0.1) is 30.3 Å². The van der Waals surface area contributed by atoms with Crippen molar-refractivity contribution in [2.45, 2.75) is 19.9 Å². The van der Waals surface area contributed by atoms with E-state index in [4.69, 9.17) is 5.73 Å². The van der Waals surface area contributed by atoms with Crippen molar-refractivity contribution in [3.05, 3.63) is 43.0 Å². The molecule has 0 aliphatic heterocycles. The summed E-state index contributed by atoms with van der Waals surface area (Å²) >= 11 is 0. The molecule has 0 radical (unpaired) electrons. The SMILES string of the molecule is CC(C)[C@H](N)C(=O)NCC(=O)Nc1ccccc1-n1ccnc1. The van der Waals surface area contributed by atoms with Gasteiger partial charge in [0, 0.05) is 12.4 Å². The van der Waals surface area contributed by atoms with Gasteiger partial charge >= 0.3 is 0 Å². The van der Waals surface area contributed by atoms with Crippen LogP contribution in [0.25, 0.3) is 5.69 Å². The predicted octanol–water partition coefficient (Wildman–Crippen LogP) is 0.910. The lowest BCUT2D eigenvalue weighted by molar-refractivity contribution is -0.125. The van der Waals surface area contributed by atoms with Crippen molar-refractivity contribution < 1.29 is 9.59 Å². The molecule has 2 aromatic rings. The van der Waals surface area contributed by atoms with Crippen LogP contribution in [-0.2, 0) is 9.59 Å². The molecule has 0 aliphatic rings. The summed E-state index contributed by atoms with van der Waals surface area (Å²) in [6.45, 7) is 3.58. The Kier molecular flexibility index (Phi) is 5.48. The van der Waals surface area contributed by atoms with Crippen molar-refractivity contribution in [1.82, 2.24) is 14.9 Å². The number of para-hydroxylation sites is 2. The molecule has 0 spiro atoms. The smallest absolute Gasteiger partial charge is 0.243 e. The third-order valence-corrected chi connectivity index (χ3v) is 3.40. The van der Waals surface area contributed by atoms with Gasteiger partial charge in [-0.1, -0.05) is 26.0 Å². The molecule has 0 fully saturated rings. The maximum atomic E-state index is 12.0. The molecule has 0 bridgehead atoms. The molecule has 2 rings (SSSR count). The van der Waals surface area contributed by atoms with Gasteiger partial charge in [-0.15, -0.1) is 0 Å². The van der Waals surface area contributed by atoms with Gasteiger partial charge < -0.3 is 20.9 Å². The second kappa shape index (κ2) is 7.55. The Morgan fingerprint density at radius 2 is 2.04 bits per heavy atom. The topological polar surface area (TPSA) is 102 Å². The monoisotopic (exact) mass is 315 g/mol. The first-order valence-corrected chi connectivity index (χ1v) is 7.39. The number of nitrogens with zero attached hydrogens (tertiary/aromatic N) is 2. The molecule has 7 nitrogen and oxygen atoms in total. The molecule has 1 aromatic carbocycles. The predicted molar refractivity (Wildman–Crippen MR) is 88.0 cm³/mol. The van der Waals surface area contributed by atoms with Crippen LogP contribution in [-0.4, -0.2) is 34.0 Å². The lowest BCUT2D eigenvalue weighted by atomic mass is 10.1. The van der Waals surface area contributed by atoms with Crippen molar-refractivity contribution in [1.29, 1.82) is 0 Å². The summed E-state index contributed by atoms with van der Waals surface area (Å²) in [5.41, 5.74) is 7.16. The maximum absolute atomic E-state index is 12.0. The zero-order valence-corrected chi connectivity index (χ0v) is 13.2. The molecule has 0 aliphatic carbocycles. The van der Waals surface area contributed by atoms with Gasteiger partial charge in [0.15, 0.2) is 0 Å². The minimum Gasteiger partial charge on any atom is -0.346 e.